The number of nitrogens with zero attached hydrogens (tertiary/aromatic N) is 2. The van der Waals surface area contributed by atoms with Crippen LogP contribution in [-0.4, -0.2) is 42.3 Å². The molecule has 0 saturated carbocycles. The number of amides is 1. The molecule has 0 N–H and O–H groups in total. The Morgan fingerprint density at radius 2 is 1.63 bits per heavy atom. The first-order valence-corrected chi connectivity index (χ1v) is 9.45. The molecule has 1 aliphatic rings. The number of hydrogen-bond acceptors (Lipinski definition) is 3. The van der Waals surface area contributed by atoms with Gasteiger partial charge in [0.2, 0.25) is 0 Å². The van der Waals surface area contributed by atoms with Crippen LogP contribution in [-0.2, 0) is 4.74 Å². The number of carbonyl (C=O) groups is 1. The smallest absolute Gasteiger partial charge is 0.410 e. The highest BCUT2D eigenvalue weighted by Gasteiger charge is 2.30. The summed E-state index contributed by atoms with van der Waals surface area (Å²) in [5.41, 5.74) is 1.84. The van der Waals surface area contributed by atoms with Crippen LogP contribution in [0.25, 0.3) is 6.08 Å². The number of benzene rings is 2. The predicted molar refractivity (Wildman–Crippen MR) is 111 cm³/mol. The Hall–Kier alpha value is -2.75. The molecular formula is C23H28N2O2. The SMILES string of the molecule is CC(C)(C)OC(=O)N1CCN(c2ccccc2)C(/C=C/c2ccccc2)C1. The van der Waals surface area contributed by atoms with E-state index in [2.05, 4.69) is 41.3 Å². The fourth-order valence-corrected chi connectivity index (χ4v) is 3.19. The van der Waals surface area contributed by atoms with Crippen molar-refractivity contribution in [2.45, 2.75) is 32.4 Å². The lowest BCUT2D eigenvalue weighted by atomic mass is 10.1. The van der Waals surface area contributed by atoms with E-state index in [1.807, 2.05) is 62.1 Å². The molecule has 27 heavy (non-hydrogen) atoms. The third-order valence-electron chi connectivity index (χ3n) is 4.47. The summed E-state index contributed by atoms with van der Waals surface area (Å²) in [6, 6.07) is 20.7. The lowest BCUT2D eigenvalue weighted by Crippen LogP contribution is -2.55. The number of piperazine rings is 1. The van der Waals surface area contributed by atoms with Crippen molar-refractivity contribution >= 4 is 17.9 Å². The maximum absolute atomic E-state index is 12.5. The van der Waals surface area contributed by atoms with Crippen LogP contribution in [0.4, 0.5) is 10.5 Å². The molecule has 0 spiro atoms. The van der Waals surface area contributed by atoms with Crippen LogP contribution in [0.15, 0.2) is 66.7 Å². The Labute approximate surface area is 162 Å². The number of anilines is 1. The zero-order valence-corrected chi connectivity index (χ0v) is 16.3. The van der Waals surface area contributed by atoms with E-state index in [-0.39, 0.29) is 12.1 Å². The predicted octanol–water partition coefficient (Wildman–Crippen LogP) is 4.83. The number of hydrogen-bond donors (Lipinski definition) is 0. The van der Waals surface area contributed by atoms with Crippen LogP contribution in [0, 0.1) is 0 Å². The summed E-state index contributed by atoms with van der Waals surface area (Å²) in [6.45, 7) is 7.73. The molecule has 0 bridgehead atoms. The Morgan fingerprint density at radius 1 is 1.00 bits per heavy atom. The van der Waals surface area contributed by atoms with E-state index in [1.165, 1.54) is 5.69 Å². The van der Waals surface area contributed by atoms with E-state index in [0.29, 0.717) is 13.1 Å². The molecule has 1 fully saturated rings. The Kier molecular flexibility index (Phi) is 5.84. The van der Waals surface area contributed by atoms with Crippen LogP contribution >= 0.6 is 0 Å². The third-order valence-corrected chi connectivity index (χ3v) is 4.47. The molecule has 1 heterocycles. The van der Waals surface area contributed by atoms with Crippen molar-refractivity contribution in [3.05, 3.63) is 72.3 Å². The second-order valence-corrected chi connectivity index (χ2v) is 7.79. The van der Waals surface area contributed by atoms with Gasteiger partial charge in [0.15, 0.2) is 0 Å². The topological polar surface area (TPSA) is 32.8 Å². The van der Waals surface area contributed by atoms with Gasteiger partial charge < -0.3 is 14.5 Å². The largest absolute Gasteiger partial charge is 0.444 e. The van der Waals surface area contributed by atoms with Gasteiger partial charge in [-0.1, -0.05) is 60.7 Å². The first-order chi connectivity index (χ1) is 12.9. The fraction of sp³-hybridized carbons (Fsp3) is 0.348. The van der Waals surface area contributed by atoms with E-state index < -0.39 is 5.60 Å². The normalized spacial score (nSPS) is 18.0. The zero-order valence-electron chi connectivity index (χ0n) is 16.3. The molecule has 2 aromatic rings. The highest BCUT2D eigenvalue weighted by molar-refractivity contribution is 5.69. The highest BCUT2D eigenvalue weighted by atomic mass is 16.6. The number of rotatable bonds is 3. The van der Waals surface area contributed by atoms with Crippen molar-refractivity contribution in [1.29, 1.82) is 0 Å². The van der Waals surface area contributed by atoms with E-state index in [0.717, 1.165) is 12.1 Å². The van der Waals surface area contributed by atoms with Crippen LogP contribution < -0.4 is 4.90 Å². The average molecular weight is 364 g/mol. The molecule has 0 radical (unpaired) electrons. The second kappa shape index (κ2) is 8.30. The number of para-hydroxylation sites is 1. The van der Waals surface area contributed by atoms with Crippen molar-refractivity contribution in [1.82, 2.24) is 4.90 Å². The van der Waals surface area contributed by atoms with Gasteiger partial charge in [-0.25, -0.2) is 4.79 Å². The summed E-state index contributed by atoms with van der Waals surface area (Å²) in [4.78, 5) is 16.7. The van der Waals surface area contributed by atoms with Crippen molar-refractivity contribution in [2.75, 3.05) is 24.5 Å². The summed E-state index contributed by atoms with van der Waals surface area (Å²) < 4.78 is 5.57. The summed E-state index contributed by atoms with van der Waals surface area (Å²) in [5.74, 6) is 0. The van der Waals surface area contributed by atoms with Crippen molar-refractivity contribution in [2.24, 2.45) is 0 Å². The summed E-state index contributed by atoms with van der Waals surface area (Å²) >= 11 is 0. The van der Waals surface area contributed by atoms with Crippen molar-refractivity contribution < 1.29 is 9.53 Å². The molecule has 4 heteroatoms. The molecule has 0 aliphatic carbocycles. The van der Waals surface area contributed by atoms with Crippen LogP contribution in [0.1, 0.15) is 26.3 Å². The molecule has 1 saturated heterocycles. The standard InChI is InChI=1S/C23H28N2O2/c1-23(2,3)27-22(26)24-16-17-25(20-12-8-5-9-13-20)21(18-24)15-14-19-10-6-4-7-11-19/h4-15,21H,16-18H2,1-3H3/b15-14+. The summed E-state index contributed by atoms with van der Waals surface area (Å²) in [7, 11) is 0. The first kappa shape index (κ1) is 19.0. The maximum Gasteiger partial charge on any atom is 0.410 e. The molecule has 4 nitrogen and oxygen atoms in total. The van der Waals surface area contributed by atoms with Crippen LogP contribution in [0.5, 0.6) is 0 Å². The third kappa shape index (κ3) is 5.36. The minimum atomic E-state index is -0.483. The minimum Gasteiger partial charge on any atom is -0.444 e. The van der Waals surface area contributed by atoms with Crippen molar-refractivity contribution in [3.8, 4) is 0 Å². The lowest BCUT2D eigenvalue weighted by Gasteiger charge is -2.41. The molecule has 1 aliphatic heterocycles. The molecular weight excluding hydrogens is 336 g/mol. The molecule has 3 rings (SSSR count). The van der Waals surface area contributed by atoms with Gasteiger partial charge in [-0.3, -0.25) is 0 Å². The Morgan fingerprint density at radius 3 is 2.26 bits per heavy atom. The van der Waals surface area contributed by atoms with Crippen molar-refractivity contribution in [3.63, 3.8) is 0 Å². The zero-order chi connectivity index (χ0) is 19.3. The van der Waals surface area contributed by atoms with Gasteiger partial charge in [0.25, 0.3) is 0 Å². The average Bonchev–Trinajstić information content (AvgIpc) is 2.66. The lowest BCUT2D eigenvalue weighted by molar-refractivity contribution is 0.0225. The quantitative estimate of drug-likeness (QED) is 0.782. The fourth-order valence-electron chi connectivity index (χ4n) is 3.19. The second-order valence-electron chi connectivity index (χ2n) is 7.79. The van der Waals surface area contributed by atoms with Gasteiger partial charge in [-0.2, -0.15) is 0 Å². The Balaban J connectivity index is 1.79. The van der Waals surface area contributed by atoms with Gasteiger partial charge in [-0.05, 0) is 38.5 Å². The Bertz CT molecular complexity index is 766. The van der Waals surface area contributed by atoms with Crippen LogP contribution in [0.2, 0.25) is 0 Å². The van der Waals surface area contributed by atoms with Gasteiger partial charge in [-0.15, -0.1) is 0 Å². The molecule has 1 amide bonds. The molecule has 0 aromatic heterocycles. The van der Waals surface area contributed by atoms with E-state index in [9.17, 15) is 4.79 Å². The first-order valence-electron chi connectivity index (χ1n) is 9.45. The van der Waals surface area contributed by atoms with E-state index in [4.69, 9.17) is 4.74 Å². The van der Waals surface area contributed by atoms with Gasteiger partial charge in [0.1, 0.15) is 5.60 Å². The maximum atomic E-state index is 12.5. The molecule has 1 unspecified atom stereocenters. The highest BCUT2D eigenvalue weighted by Crippen LogP contribution is 2.23. The van der Waals surface area contributed by atoms with E-state index in [1.54, 1.807) is 0 Å². The monoisotopic (exact) mass is 364 g/mol. The summed E-state index contributed by atoms with van der Waals surface area (Å²) in [6.07, 6.45) is 4.06. The molecule has 1 atom stereocenters. The number of ether oxygens (including phenoxy) is 1. The van der Waals surface area contributed by atoms with Gasteiger partial charge in [0.05, 0.1) is 6.04 Å². The molecule has 142 valence electrons. The molecule has 2 aromatic carbocycles. The van der Waals surface area contributed by atoms with Crippen LogP contribution in [0.3, 0.4) is 0 Å². The number of carbonyl (C=O) groups excluding carboxylic acids is 1. The van der Waals surface area contributed by atoms with Gasteiger partial charge in [0, 0.05) is 25.3 Å². The van der Waals surface area contributed by atoms with Gasteiger partial charge >= 0.3 is 6.09 Å². The summed E-state index contributed by atoms with van der Waals surface area (Å²) in [5, 5.41) is 0. The van der Waals surface area contributed by atoms with E-state index >= 15 is 0 Å². The minimum absolute atomic E-state index is 0.0916.